The van der Waals surface area contributed by atoms with Gasteiger partial charge in [0.2, 0.25) is 0 Å². The van der Waals surface area contributed by atoms with Crippen molar-refractivity contribution in [2.45, 2.75) is 0 Å². The zero-order valence-electron chi connectivity index (χ0n) is 11.2. The van der Waals surface area contributed by atoms with Gasteiger partial charge in [-0.2, -0.15) is 0 Å². The smallest absolute Gasteiger partial charge is 0.123 e. The fourth-order valence-electron chi connectivity index (χ4n) is 2.41. The molecule has 21 heavy (non-hydrogen) atoms. The molecule has 0 fully saturated rings. The number of nitrogens with zero attached hydrogens (tertiary/aromatic N) is 4. The molecule has 0 N–H and O–H groups in total. The van der Waals surface area contributed by atoms with Gasteiger partial charge in [-0.3, -0.25) is 9.55 Å². The van der Waals surface area contributed by atoms with Gasteiger partial charge in [0, 0.05) is 22.8 Å². The third kappa shape index (κ3) is 2.17. The van der Waals surface area contributed by atoms with E-state index in [2.05, 4.69) is 39.4 Å². The van der Waals surface area contributed by atoms with E-state index >= 15 is 0 Å². The van der Waals surface area contributed by atoms with Crippen LogP contribution in [0.4, 0.5) is 0 Å². The average molecular weight is 272 g/mol. The Hall–Kier alpha value is -3.01. The molecule has 0 saturated carbocycles. The minimum Gasteiger partial charge on any atom is -0.288 e. The normalized spacial score (nSPS) is 10.9. The van der Waals surface area contributed by atoms with Crippen molar-refractivity contribution in [1.82, 2.24) is 19.7 Å². The average Bonchev–Trinajstić information content (AvgIpc) is 3.09. The first-order chi connectivity index (χ1) is 10.4. The topological polar surface area (TPSA) is 43.6 Å². The monoisotopic (exact) mass is 272 g/mol. The predicted molar refractivity (Wildman–Crippen MR) is 82.1 cm³/mol. The van der Waals surface area contributed by atoms with Gasteiger partial charge in [-0.05, 0) is 29.8 Å². The van der Waals surface area contributed by atoms with Crippen molar-refractivity contribution in [3.8, 4) is 16.8 Å². The molecule has 2 aromatic heterocycles. The van der Waals surface area contributed by atoms with E-state index in [0.29, 0.717) is 0 Å². The Kier molecular flexibility index (Phi) is 2.71. The summed E-state index contributed by atoms with van der Waals surface area (Å²) in [5.74, 6) is 0. The summed E-state index contributed by atoms with van der Waals surface area (Å²) in [6.45, 7) is 0. The number of fused-ring (bicyclic) bond motifs is 1. The molecule has 0 aliphatic carbocycles. The summed E-state index contributed by atoms with van der Waals surface area (Å²) in [6.07, 6.45) is 5.29. The van der Waals surface area contributed by atoms with Crippen molar-refractivity contribution < 1.29 is 0 Å². The predicted octanol–water partition coefficient (Wildman–Crippen LogP) is 3.48. The van der Waals surface area contributed by atoms with Crippen LogP contribution in [0.3, 0.4) is 0 Å². The molecule has 0 bridgehead atoms. The van der Waals surface area contributed by atoms with Crippen molar-refractivity contribution in [3.05, 3.63) is 73.4 Å². The molecule has 0 unspecified atom stereocenters. The molecule has 4 nitrogen and oxygen atoms in total. The lowest BCUT2D eigenvalue weighted by Crippen LogP contribution is -1.90. The Morgan fingerprint density at radius 2 is 1.62 bits per heavy atom. The number of pyridine rings is 1. The third-order valence-corrected chi connectivity index (χ3v) is 3.49. The van der Waals surface area contributed by atoms with E-state index in [4.69, 9.17) is 0 Å². The second-order valence-electron chi connectivity index (χ2n) is 4.84. The molecule has 4 aromatic rings. The summed E-state index contributed by atoms with van der Waals surface area (Å²) in [6, 6.07) is 18.5. The number of aromatic nitrogens is 4. The van der Waals surface area contributed by atoms with Gasteiger partial charge in [0.05, 0.1) is 5.52 Å². The molecule has 4 rings (SSSR count). The molecule has 2 aromatic carbocycles. The van der Waals surface area contributed by atoms with E-state index in [1.165, 1.54) is 0 Å². The molecule has 0 aliphatic heterocycles. The number of hydrogen-bond acceptors (Lipinski definition) is 3. The molecule has 0 atom stereocenters. The van der Waals surface area contributed by atoms with E-state index in [1.54, 1.807) is 12.7 Å². The van der Waals surface area contributed by atoms with Gasteiger partial charge in [0.15, 0.2) is 0 Å². The molecule has 4 heteroatoms. The SMILES string of the molecule is c1cc(-c2cnc3ccccc3c2)cc(-n2cnnc2)c1. The first-order valence-corrected chi connectivity index (χ1v) is 6.70. The molecule has 0 saturated heterocycles. The van der Waals surface area contributed by atoms with Gasteiger partial charge in [-0.15, -0.1) is 10.2 Å². The highest BCUT2D eigenvalue weighted by Gasteiger charge is 2.03. The van der Waals surface area contributed by atoms with Crippen molar-refractivity contribution in [3.63, 3.8) is 0 Å². The lowest BCUT2D eigenvalue weighted by Gasteiger charge is -2.06. The second-order valence-corrected chi connectivity index (χ2v) is 4.84. The summed E-state index contributed by atoms with van der Waals surface area (Å²) in [7, 11) is 0. The van der Waals surface area contributed by atoms with E-state index in [0.717, 1.165) is 27.7 Å². The highest BCUT2D eigenvalue weighted by molar-refractivity contribution is 5.83. The highest BCUT2D eigenvalue weighted by atomic mass is 15.2. The molecule has 0 radical (unpaired) electrons. The van der Waals surface area contributed by atoms with Crippen LogP contribution >= 0.6 is 0 Å². The van der Waals surface area contributed by atoms with Crippen molar-refractivity contribution in [2.75, 3.05) is 0 Å². The Morgan fingerprint density at radius 3 is 2.52 bits per heavy atom. The number of para-hydroxylation sites is 1. The summed E-state index contributed by atoms with van der Waals surface area (Å²) in [4.78, 5) is 4.52. The van der Waals surface area contributed by atoms with Crippen LogP contribution in [0.25, 0.3) is 27.7 Å². The van der Waals surface area contributed by atoms with Crippen LogP contribution in [0.5, 0.6) is 0 Å². The van der Waals surface area contributed by atoms with Crippen LogP contribution in [0.2, 0.25) is 0 Å². The summed E-state index contributed by atoms with van der Waals surface area (Å²) >= 11 is 0. The van der Waals surface area contributed by atoms with Crippen LogP contribution in [-0.4, -0.2) is 19.7 Å². The zero-order chi connectivity index (χ0) is 14.1. The summed E-state index contributed by atoms with van der Waals surface area (Å²) in [5, 5.41) is 8.83. The molecule has 0 amide bonds. The molecule has 100 valence electrons. The fourth-order valence-corrected chi connectivity index (χ4v) is 2.41. The second kappa shape index (κ2) is 4.83. The largest absolute Gasteiger partial charge is 0.288 e. The summed E-state index contributed by atoms with van der Waals surface area (Å²) < 4.78 is 1.89. The molecule has 0 aliphatic rings. The van der Waals surface area contributed by atoms with Crippen LogP contribution in [0, 0.1) is 0 Å². The van der Waals surface area contributed by atoms with Crippen LogP contribution < -0.4 is 0 Å². The Balaban J connectivity index is 1.83. The molecule has 2 heterocycles. The maximum absolute atomic E-state index is 4.52. The minimum absolute atomic E-state index is 1.01. The van der Waals surface area contributed by atoms with E-state index in [1.807, 2.05) is 41.1 Å². The van der Waals surface area contributed by atoms with Gasteiger partial charge in [-0.1, -0.05) is 30.3 Å². The van der Waals surface area contributed by atoms with Gasteiger partial charge in [0.25, 0.3) is 0 Å². The maximum atomic E-state index is 4.52. The third-order valence-electron chi connectivity index (χ3n) is 3.49. The van der Waals surface area contributed by atoms with Crippen molar-refractivity contribution in [1.29, 1.82) is 0 Å². The van der Waals surface area contributed by atoms with Crippen molar-refractivity contribution >= 4 is 10.9 Å². The minimum atomic E-state index is 1.01. The van der Waals surface area contributed by atoms with Crippen LogP contribution in [0.1, 0.15) is 0 Å². The van der Waals surface area contributed by atoms with Gasteiger partial charge in [0.1, 0.15) is 12.7 Å². The standard InChI is InChI=1S/C17H12N4/c1-2-7-17-14(4-1)8-15(10-18-17)13-5-3-6-16(9-13)21-11-19-20-12-21/h1-12H. The fraction of sp³-hybridized carbons (Fsp3) is 0. The van der Waals surface area contributed by atoms with E-state index in [-0.39, 0.29) is 0 Å². The number of rotatable bonds is 2. The molecular weight excluding hydrogens is 260 g/mol. The number of benzene rings is 2. The molecular formula is C17H12N4. The van der Waals surface area contributed by atoms with Gasteiger partial charge in [-0.25, -0.2) is 0 Å². The van der Waals surface area contributed by atoms with E-state index in [9.17, 15) is 0 Å². The van der Waals surface area contributed by atoms with E-state index < -0.39 is 0 Å². The number of hydrogen-bond donors (Lipinski definition) is 0. The first-order valence-electron chi connectivity index (χ1n) is 6.70. The van der Waals surface area contributed by atoms with Gasteiger partial charge >= 0.3 is 0 Å². The highest BCUT2D eigenvalue weighted by Crippen LogP contribution is 2.24. The Labute approximate surface area is 121 Å². The first kappa shape index (κ1) is 11.8. The maximum Gasteiger partial charge on any atom is 0.123 e. The molecule has 0 spiro atoms. The van der Waals surface area contributed by atoms with Crippen LogP contribution in [-0.2, 0) is 0 Å². The lowest BCUT2D eigenvalue weighted by molar-refractivity contribution is 1.06. The van der Waals surface area contributed by atoms with Crippen LogP contribution in [0.15, 0.2) is 73.4 Å². The zero-order valence-corrected chi connectivity index (χ0v) is 11.2. The Bertz CT molecular complexity index is 897. The van der Waals surface area contributed by atoms with Crippen molar-refractivity contribution in [2.24, 2.45) is 0 Å². The summed E-state index contributed by atoms with van der Waals surface area (Å²) in [5.41, 5.74) is 4.27. The Morgan fingerprint density at radius 1 is 0.762 bits per heavy atom. The lowest BCUT2D eigenvalue weighted by atomic mass is 10.0. The van der Waals surface area contributed by atoms with Gasteiger partial charge < -0.3 is 0 Å². The quantitative estimate of drug-likeness (QED) is 0.561.